The van der Waals surface area contributed by atoms with Crippen molar-refractivity contribution in [3.8, 4) is 6.07 Å². The van der Waals surface area contributed by atoms with E-state index >= 15 is 0 Å². The molecule has 3 nitrogen and oxygen atoms in total. The Kier molecular flexibility index (Phi) is 1.89. The molecule has 0 aromatic carbocycles. The summed E-state index contributed by atoms with van der Waals surface area (Å²) in [5.74, 6) is 0. The Morgan fingerprint density at radius 1 is 1.33 bits per heavy atom. The van der Waals surface area contributed by atoms with Gasteiger partial charge in [-0.2, -0.15) is 23.5 Å². The maximum Gasteiger partial charge on any atom is 0.436 e. The van der Waals surface area contributed by atoms with Crippen LogP contribution in [0.4, 0.5) is 13.2 Å². The molecule has 0 aliphatic carbocycles. The average Bonchev–Trinajstić information content (AvgIpc) is 2.55. The van der Waals surface area contributed by atoms with E-state index in [1.807, 2.05) is 0 Å². The Morgan fingerprint density at radius 3 is 2.67 bits per heavy atom. The molecule has 0 bridgehead atoms. The third kappa shape index (κ3) is 1.42. The molecule has 2 rings (SSSR count). The van der Waals surface area contributed by atoms with Gasteiger partial charge in [0, 0.05) is 6.20 Å². The van der Waals surface area contributed by atoms with Gasteiger partial charge in [-0.05, 0) is 12.1 Å². The van der Waals surface area contributed by atoms with Gasteiger partial charge in [-0.15, -0.1) is 0 Å². The Labute approximate surface area is 82.4 Å². The van der Waals surface area contributed by atoms with Crippen molar-refractivity contribution < 1.29 is 13.2 Å². The fraction of sp³-hybridized carbons (Fsp3) is 0.111. The first-order valence-corrected chi connectivity index (χ1v) is 3.98. The average molecular weight is 211 g/mol. The van der Waals surface area contributed by atoms with Crippen molar-refractivity contribution >= 4 is 5.52 Å². The monoisotopic (exact) mass is 211 g/mol. The van der Waals surface area contributed by atoms with Crippen molar-refractivity contribution in [2.24, 2.45) is 0 Å². The van der Waals surface area contributed by atoms with Crippen molar-refractivity contribution in [1.29, 1.82) is 5.26 Å². The second kappa shape index (κ2) is 2.98. The van der Waals surface area contributed by atoms with Crippen molar-refractivity contribution in [1.82, 2.24) is 9.61 Å². The zero-order valence-corrected chi connectivity index (χ0v) is 7.28. The topological polar surface area (TPSA) is 41.1 Å². The van der Waals surface area contributed by atoms with Crippen LogP contribution in [0, 0.1) is 11.3 Å². The molecule has 0 amide bonds. The van der Waals surface area contributed by atoms with Gasteiger partial charge in [-0.1, -0.05) is 6.07 Å². The summed E-state index contributed by atoms with van der Waals surface area (Å²) in [6, 6.07) is 6.04. The van der Waals surface area contributed by atoms with Crippen LogP contribution in [-0.2, 0) is 6.18 Å². The summed E-state index contributed by atoms with van der Waals surface area (Å²) in [5, 5.41) is 12.0. The smallest absolute Gasteiger partial charge is 0.239 e. The quantitative estimate of drug-likeness (QED) is 0.670. The molecule has 0 radical (unpaired) electrons. The molecule has 2 heterocycles. The van der Waals surface area contributed by atoms with E-state index in [2.05, 4.69) is 5.10 Å². The highest BCUT2D eigenvalue weighted by Gasteiger charge is 2.38. The minimum Gasteiger partial charge on any atom is -0.239 e. The Balaban J connectivity index is 2.83. The summed E-state index contributed by atoms with van der Waals surface area (Å²) in [4.78, 5) is 0. The van der Waals surface area contributed by atoms with Crippen LogP contribution in [0.25, 0.3) is 5.52 Å². The molecule has 0 fully saturated rings. The standard InChI is InChI=1S/C9H4F3N3/c10-9(11,12)8-6(5-13)7-3-1-2-4-15(7)14-8/h1-4H. The van der Waals surface area contributed by atoms with E-state index in [9.17, 15) is 13.2 Å². The lowest BCUT2D eigenvalue weighted by atomic mass is 10.2. The van der Waals surface area contributed by atoms with Gasteiger partial charge in [0.1, 0.15) is 11.6 Å². The molecule has 0 saturated heterocycles. The highest BCUT2D eigenvalue weighted by atomic mass is 19.4. The van der Waals surface area contributed by atoms with Crippen molar-refractivity contribution in [2.45, 2.75) is 6.18 Å². The lowest BCUT2D eigenvalue weighted by Crippen LogP contribution is -2.07. The van der Waals surface area contributed by atoms with Gasteiger partial charge in [0.05, 0.1) is 5.52 Å². The number of alkyl halides is 3. The zero-order valence-electron chi connectivity index (χ0n) is 7.28. The lowest BCUT2D eigenvalue weighted by Gasteiger charge is -2.00. The third-order valence-corrected chi connectivity index (χ3v) is 1.92. The summed E-state index contributed by atoms with van der Waals surface area (Å²) in [5.41, 5.74) is -1.42. The van der Waals surface area contributed by atoms with Crippen LogP contribution in [0.3, 0.4) is 0 Å². The van der Waals surface area contributed by atoms with Gasteiger partial charge in [0.25, 0.3) is 0 Å². The van der Waals surface area contributed by atoms with E-state index in [1.165, 1.54) is 18.3 Å². The van der Waals surface area contributed by atoms with Gasteiger partial charge in [-0.25, -0.2) is 4.52 Å². The summed E-state index contributed by atoms with van der Waals surface area (Å²) < 4.78 is 38.4. The molecule has 76 valence electrons. The van der Waals surface area contributed by atoms with Gasteiger partial charge >= 0.3 is 6.18 Å². The SMILES string of the molecule is N#Cc1c(C(F)(F)F)nn2ccccc12. The van der Waals surface area contributed by atoms with Gasteiger partial charge < -0.3 is 0 Å². The molecule has 0 unspecified atom stereocenters. The Hall–Kier alpha value is -2.03. The van der Waals surface area contributed by atoms with E-state index < -0.39 is 17.4 Å². The van der Waals surface area contributed by atoms with Crippen LogP contribution in [-0.4, -0.2) is 9.61 Å². The predicted octanol–water partition coefficient (Wildman–Crippen LogP) is 2.22. The summed E-state index contributed by atoms with van der Waals surface area (Å²) in [6.07, 6.45) is -3.23. The minimum absolute atomic E-state index is 0.160. The van der Waals surface area contributed by atoms with Crippen LogP contribution in [0.1, 0.15) is 11.3 Å². The molecule has 6 heteroatoms. The van der Waals surface area contributed by atoms with Gasteiger partial charge in [0.2, 0.25) is 0 Å². The van der Waals surface area contributed by atoms with Crippen molar-refractivity contribution in [3.05, 3.63) is 35.7 Å². The minimum atomic E-state index is -4.60. The molecule has 0 saturated carbocycles. The molecule has 2 aromatic heterocycles. The Morgan fingerprint density at radius 2 is 2.07 bits per heavy atom. The van der Waals surface area contributed by atoms with Crippen molar-refractivity contribution in [2.75, 3.05) is 0 Å². The number of nitrogens with zero attached hydrogens (tertiary/aromatic N) is 3. The number of rotatable bonds is 0. The lowest BCUT2D eigenvalue weighted by molar-refractivity contribution is -0.141. The molecular formula is C9H4F3N3. The van der Waals surface area contributed by atoms with Crippen LogP contribution in [0.2, 0.25) is 0 Å². The molecule has 0 aliphatic heterocycles. The van der Waals surface area contributed by atoms with Crippen molar-refractivity contribution in [3.63, 3.8) is 0 Å². The highest BCUT2D eigenvalue weighted by Crippen LogP contribution is 2.32. The molecule has 0 atom stereocenters. The zero-order chi connectivity index (χ0) is 11.1. The molecule has 0 spiro atoms. The molecule has 0 aliphatic rings. The number of pyridine rings is 1. The summed E-state index contributed by atoms with van der Waals surface area (Å²) >= 11 is 0. The maximum atomic E-state index is 12.4. The highest BCUT2D eigenvalue weighted by molar-refractivity contribution is 5.63. The second-order valence-electron chi connectivity index (χ2n) is 2.86. The first-order valence-electron chi connectivity index (χ1n) is 3.98. The molecular weight excluding hydrogens is 207 g/mol. The molecule has 15 heavy (non-hydrogen) atoms. The van der Waals surface area contributed by atoms with Crippen LogP contribution < -0.4 is 0 Å². The van der Waals surface area contributed by atoms with E-state index in [4.69, 9.17) is 5.26 Å². The first kappa shape index (κ1) is 9.52. The first-order chi connectivity index (χ1) is 7.04. The van der Waals surface area contributed by atoms with E-state index in [-0.39, 0.29) is 5.52 Å². The molecule has 0 N–H and O–H groups in total. The fourth-order valence-corrected chi connectivity index (χ4v) is 1.31. The van der Waals surface area contributed by atoms with E-state index in [0.29, 0.717) is 0 Å². The number of aromatic nitrogens is 2. The largest absolute Gasteiger partial charge is 0.436 e. The third-order valence-electron chi connectivity index (χ3n) is 1.92. The predicted molar refractivity (Wildman–Crippen MR) is 44.9 cm³/mol. The summed E-state index contributed by atoms with van der Waals surface area (Å²) in [6.45, 7) is 0. The number of hydrogen-bond acceptors (Lipinski definition) is 2. The van der Waals surface area contributed by atoms with Crippen LogP contribution >= 0.6 is 0 Å². The van der Waals surface area contributed by atoms with E-state index in [0.717, 1.165) is 4.52 Å². The normalized spacial score (nSPS) is 11.6. The number of halogens is 3. The Bertz CT molecular complexity index is 548. The number of fused-ring (bicyclic) bond motifs is 1. The van der Waals surface area contributed by atoms with Gasteiger partial charge in [0.15, 0.2) is 5.69 Å². The summed E-state index contributed by atoms with van der Waals surface area (Å²) in [7, 11) is 0. The number of nitriles is 1. The number of hydrogen-bond donors (Lipinski definition) is 0. The van der Waals surface area contributed by atoms with Crippen LogP contribution in [0.5, 0.6) is 0 Å². The fourth-order valence-electron chi connectivity index (χ4n) is 1.31. The van der Waals surface area contributed by atoms with E-state index in [1.54, 1.807) is 12.1 Å². The maximum absolute atomic E-state index is 12.4. The molecule has 2 aromatic rings. The van der Waals surface area contributed by atoms with Gasteiger partial charge in [-0.3, -0.25) is 0 Å². The van der Waals surface area contributed by atoms with Crippen LogP contribution in [0.15, 0.2) is 24.4 Å². The second-order valence-corrected chi connectivity index (χ2v) is 2.86.